The number of amides is 2. The topological polar surface area (TPSA) is 37.4 Å². The second-order valence-corrected chi connectivity index (χ2v) is 6.23. The molecule has 3 nitrogen and oxygen atoms in total. The van der Waals surface area contributed by atoms with Crippen LogP contribution >= 0.6 is 35.0 Å². The standard InChI is InChI=1S/C14H13Cl2NO2S/c1-3-17-13(18)11(12(14(17)19)20-4-2)9-6-5-8(15)7-10(9)16/h5-7H,3-4H2,1-2H3. The predicted octanol–water partition coefficient (Wildman–Crippen LogP) is 3.85. The number of benzene rings is 1. The van der Waals surface area contributed by atoms with E-state index in [2.05, 4.69) is 0 Å². The number of hydrogen-bond acceptors (Lipinski definition) is 3. The van der Waals surface area contributed by atoms with E-state index >= 15 is 0 Å². The van der Waals surface area contributed by atoms with E-state index < -0.39 is 0 Å². The second-order valence-electron chi connectivity index (χ2n) is 4.12. The first-order valence-corrected chi connectivity index (χ1v) is 7.94. The molecule has 2 rings (SSSR count). The van der Waals surface area contributed by atoms with Crippen molar-refractivity contribution in [2.24, 2.45) is 0 Å². The molecule has 0 aliphatic carbocycles. The van der Waals surface area contributed by atoms with E-state index in [9.17, 15) is 9.59 Å². The van der Waals surface area contributed by atoms with Crippen molar-refractivity contribution >= 4 is 52.4 Å². The molecule has 1 heterocycles. The van der Waals surface area contributed by atoms with Crippen LogP contribution in [0.5, 0.6) is 0 Å². The molecule has 0 N–H and O–H groups in total. The summed E-state index contributed by atoms with van der Waals surface area (Å²) in [6.07, 6.45) is 0. The van der Waals surface area contributed by atoms with Gasteiger partial charge in [0.15, 0.2) is 0 Å². The van der Waals surface area contributed by atoms with E-state index in [1.165, 1.54) is 16.7 Å². The summed E-state index contributed by atoms with van der Waals surface area (Å²) in [4.78, 5) is 26.4. The molecule has 0 spiro atoms. The van der Waals surface area contributed by atoms with Crippen molar-refractivity contribution in [1.29, 1.82) is 0 Å². The molecular formula is C14H13Cl2NO2S. The van der Waals surface area contributed by atoms with Crippen molar-refractivity contribution in [3.05, 3.63) is 38.7 Å². The number of imide groups is 1. The number of carbonyl (C=O) groups is 2. The van der Waals surface area contributed by atoms with Crippen molar-refractivity contribution in [3.63, 3.8) is 0 Å². The van der Waals surface area contributed by atoms with Crippen LogP contribution in [0.25, 0.3) is 5.57 Å². The number of halogens is 2. The number of nitrogens with zero attached hydrogens (tertiary/aromatic N) is 1. The smallest absolute Gasteiger partial charge is 0.267 e. The fourth-order valence-electron chi connectivity index (χ4n) is 2.05. The zero-order chi connectivity index (χ0) is 14.9. The van der Waals surface area contributed by atoms with Gasteiger partial charge in [-0.1, -0.05) is 36.2 Å². The molecule has 6 heteroatoms. The van der Waals surface area contributed by atoms with Crippen LogP contribution in [0.4, 0.5) is 0 Å². The van der Waals surface area contributed by atoms with E-state index in [4.69, 9.17) is 23.2 Å². The summed E-state index contributed by atoms with van der Waals surface area (Å²) in [5.41, 5.74) is 0.937. The first-order chi connectivity index (χ1) is 9.51. The minimum atomic E-state index is -0.294. The number of thioether (sulfide) groups is 1. The quantitative estimate of drug-likeness (QED) is 0.787. The molecule has 0 fully saturated rings. The van der Waals surface area contributed by atoms with Crippen LogP contribution < -0.4 is 0 Å². The Bertz CT molecular complexity index is 613. The maximum Gasteiger partial charge on any atom is 0.267 e. The van der Waals surface area contributed by atoms with Crippen molar-refractivity contribution in [2.75, 3.05) is 12.3 Å². The van der Waals surface area contributed by atoms with Gasteiger partial charge in [-0.2, -0.15) is 0 Å². The molecule has 0 radical (unpaired) electrons. The van der Waals surface area contributed by atoms with Gasteiger partial charge in [-0.05, 0) is 24.8 Å². The van der Waals surface area contributed by atoms with Crippen LogP contribution in [-0.2, 0) is 9.59 Å². The van der Waals surface area contributed by atoms with Gasteiger partial charge in [0.1, 0.15) is 0 Å². The van der Waals surface area contributed by atoms with Crippen LogP contribution in [0.15, 0.2) is 23.1 Å². The van der Waals surface area contributed by atoms with Gasteiger partial charge in [0.05, 0.1) is 15.5 Å². The summed E-state index contributed by atoms with van der Waals surface area (Å²) in [5, 5.41) is 0.869. The molecular weight excluding hydrogens is 317 g/mol. The average molecular weight is 330 g/mol. The zero-order valence-electron chi connectivity index (χ0n) is 11.1. The summed E-state index contributed by atoms with van der Waals surface area (Å²) in [7, 11) is 0. The van der Waals surface area contributed by atoms with Crippen LogP contribution in [0.2, 0.25) is 10.0 Å². The van der Waals surface area contributed by atoms with Crippen LogP contribution in [0.1, 0.15) is 19.4 Å². The summed E-state index contributed by atoms with van der Waals surface area (Å²) in [6, 6.07) is 4.92. The third-order valence-electron chi connectivity index (χ3n) is 2.93. The average Bonchev–Trinajstić information content (AvgIpc) is 2.62. The largest absolute Gasteiger partial charge is 0.274 e. The maximum atomic E-state index is 12.4. The highest BCUT2D eigenvalue weighted by molar-refractivity contribution is 8.04. The Balaban J connectivity index is 2.60. The Hall–Kier alpha value is -0.970. The van der Waals surface area contributed by atoms with Gasteiger partial charge in [0.25, 0.3) is 11.8 Å². The zero-order valence-corrected chi connectivity index (χ0v) is 13.4. The lowest BCUT2D eigenvalue weighted by Gasteiger charge is -2.11. The van der Waals surface area contributed by atoms with Crippen molar-refractivity contribution in [2.45, 2.75) is 13.8 Å². The highest BCUT2D eigenvalue weighted by atomic mass is 35.5. The molecule has 0 bridgehead atoms. The molecule has 1 aromatic rings. The van der Waals surface area contributed by atoms with E-state index in [0.29, 0.717) is 38.4 Å². The summed E-state index contributed by atoms with van der Waals surface area (Å²) >= 11 is 13.4. The Labute approximate surface area is 131 Å². The van der Waals surface area contributed by atoms with E-state index in [0.717, 1.165) is 0 Å². The minimum absolute atomic E-state index is 0.245. The molecule has 1 aliphatic rings. The Morgan fingerprint density at radius 2 is 1.85 bits per heavy atom. The molecule has 0 saturated heterocycles. The third-order valence-corrected chi connectivity index (χ3v) is 4.43. The monoisotopic (exact) mass is 329 g/mol. The normalized spacial score (nSPS) is 15.5. The minimum Gasteiger partial charge on any atom is -0.274 e. The van der Waals surface area contributed by atoms with Gasteiger partial charge < -0.3 is 0 Å². The van der Waals surface area contributed by atoms with E-state index in [-0.39, 0.29) is 11.8 Å². The van der Waals surface area contributed by atoms with Crippen LogP contribution in [-0.4, -0.2) is 29.0 Å². The summed E-state index contributed by atoms with van der Waals surface area (Å²) in [6.45, 7) is 4.06. The van der Waals surface area contributed by atoms with Crippen molar-refractivity contribution in [1.82, 2.24) is 4.90 Å². The van der Waals surface area contributed by atoms with Gasteiger partial charge in [-0.25, -0.2) is 0 Å². The molecule has 1 aliphatic heterocycles. The summed E-state index contributed by atoms with van der Waals surface area (Å²) < 4.78 is 0. The van der Waals surface area contributed by atoms with Gasteiger partial charge in [-0.15, -0.1) is 11.8 Å². The Morgan fingerprint density at radius 1 is 1.15 bits per heavy atom. The molecule has 1 aromatic carbocycles. The third kappa shape index (κ3) is 2.60. The van der Waals surface area contributed by atoms with E-state index in [1.807, 2.05) is 6.92 Å². The Kier molecular flexibility index (Phi) is 4.78. The second kappa shape index (κ2) is 6.20. The maximum absolute atomic E-state index is 12.4. The van der Waals surface area contributed by atoms with Crippen molar-refractivity contribution in [3.8, 4) is 0 Å². The fourth-order valence-corrected chi connectivity index (χ4v) is 3.42. The van der Waals surface area contributed by atoms with Gasteiger partial charge in [0, 0.05) is 17.1 Å². The number of rotatable bonds is 4. The number of likely N-dealkylation sites (N-methyl/N-ethyl adjacent to an activating group) is 1. The SMILES string of the molecule is CCSC1=C(c2ccc(Cl)cc2Cl)C(=O)N(CC)C1=O. The number of carbonyl (C=O) groups excluding carboxylic acids is 2. The van der Waals surface area contributed by atoms with Gasteiger partial charge >= 0.3 is 0 Å². The first kappa shape index (κ1) is 15.4. The lowest BCUT2D eigenvalue weighted by atomic mass is 10.1. The molecule has 20 heavy (non-hydrogen) atoms. The van der Waals surface area contributed by atoms with Gasteiger partial charge in [0.2, 0.25) is 0 Å². The molecule has 2 amide bonds. The molecule has 106 valence electrons. The lowest BCUT2D eigenvalue weighted by molar-refractivity contribution is -0.136. The Morgan fingerprint density at radius 3 is 2.40 bits per heavy atom. The van der Waals surface area contributed by atoms with Crippen LogP contribution in [0, 0.1) is 0 Å². The lowest BCUT2D eigenvalue weighted by Crippen LogP contribution is -2.31. The predicted molar refractivity (Wildman–Crippen MR) is 83.9 cm³/mol. The molecule has 0 unspecified atom stereocenters. The number of hydrogen-bond donors (Lipinski definition) is 0. The molecule has 0 saturated carbocycles. The first-order valence-electron chi connectivity index (χ1n) is 6.19. The molecule has 0 aromatic heterocycles. The van der Waals surface area contributed by atoms with E-state index in [1.54, 1.807) is 25.1 Å². The van der Waals surface area contributed by atoms with Gasteiger partial charge in [-0.3, -0.25) is 14.5 Å². The van der Waals surface area contributed by atoms with Crippen molar-refractivity contribution < 1.29 is 9.59 Å². The fraction of sp³-hybridized carbons (Fsp3) is 0.286. The van der Waals surface area contributed by atoms with Crippen LogP contribution in [0.3, 0.4) is 0 Å². The highest BCUT2D eigenvalue weighted by Gasteiger charge is 2.38. The molecule has 0 atom stereocenters. The summed E-state index contributed by atoms with van der Waals surface area (Å²) in [5.74, 6) is 0.170. The highest BCUT2D eigenvalue weighted by Crippen LogP contribution is 2.38.